The van der Waals surface area contributed by atoms with Crippen molar-refractivity contribution in [1.29, 1.82) is 0 Å². The maximum absolute atomic E-state index is 11.4. The van der Waals surface area contributed by atoms with Crippen LogP contribution < -0.4 is 0 Å². The Balaban J connectivity index is 0.000000502. The molecule has 1 aliphatic heterocycles. The number of hydrogen-bond donors (Lipinski definition) is 0. The fourth-order valence-electron chi connectivity index (χ4n) is 1.88. The van der Waals surface area contributed by atoms with E-state index < -0.39 is 31.1 Å². The van der Waals surface area contributed by atoms with Gasteiger partial charge in [0, 0.05) is 0 Å². The minimum absolute atomic E-state index is 0.579. The van der Waals surface area contributed by atoms with Crippen molar-refractivity contribution in [2.75, 3.05) is 32.8 Å². The standard InChI is InChI=1S/C9H20NO.C2F6NO4S2/c1-4-10(5-2,6-3)7-9-8-11-9;3-1(4,5)14(10,11)9-15(12,13)2(6,7)8/h9H,4-8H2,1-3H3;/q+1;-1. The number of likely N-dealkylation sites (N-methyl/N-ethyl adjacent to an activating group) is 1. The summed E-state index contributed by atoms with van der Waals surface area (Å²) >= 11 is 0. The fourth-order valence-corrected chi connectivity index (χ4v) is 3.59. The second-order valence-electron chi connectivity index (χ2n) is 5.34. The summed E-state index contributed by atoms with van der Waals surface area (Å²) in [6, 6.07) is 0. The Labute approximate surface area is 148 Å². The first kappa shape index (κ1) is 25.4. The summed E-state index contributed by atoms with van der Waals surface area (Å²) in [5.41, 5.74) is -12.4. The van der Waals surface area contributed by atoms with Crippen LogP contribution >= 0.6 is 0 Å². The lowest BCUT2D eigenvalue weighted by Gasteiger charge is -2.35. The third-order valence-electron chi connectivity index (χ3n) is 3.79. The highest BCUT2D eigenvalue weighted by atomic mass is 32.3. The summed E-state index contributed by atoms with van der Waals surface area (Å²) in [5, 5.41) is 0. The van der Waals surface area contributed by atoms with Gasteiger partial charge in [0.2, 0.25) is 0 Å². The van der Waals surface area contributed by atoms with E-state index in [1.807, 2.05) is 0 Å². The van der Waals surface area contributed by atoms with Crippen LogP contribution in [0, 0.1) is 0 Å². The summed E-state index contributed by atoms with van der Waals surface area (Å²) in [5.74, 6) is 0. The summed E-state index contributed by atoms with van der Waals surface area (Å²) in [6.45, 7) is 12.8. The Bertz CT molecular complexity index is 601. The van der Waals surface area contributed by atoms with Gasteiger partial charge in [-0.25, -0.2) is 16.8 Å². The molecule has 1 heterocycles. The zero-order valence-electron chi connectivity index (χ0n) is 14.1. The number of alkyl halides is 6. The fraction of sp³-hybridized carbons (Fsp3) is 1.00. The number of nitrogens with zero attached hydrogens (tertiary/aromatic N) is 2. The molecule has 158 valence electrons. The number of halogens is 6. The van der Waals surface area contributed by atoms with Crippen molar-refractivity contribution >= 4 is 20.0 Å². The van der Waals surface area contributed by atoms with Gasteiger partial charge < -0.3 is 13.3 Å². The lowest BCUT2D eigenvalue weighted by Crippen LogP contribution is -2.49. The van der Waals surface area contributed by atoms with Crippen molar-refractivity contribution in [2.45, 2.75) is 37.9 Å². The van der Waals surface area contributed by atoms with Gasteiger partial charge in [-0.1, -0.05) is 0 Å². The molecule has 0 bridgehead atoms. The SMILES string of the molecule is CC[N+](CC)(CC)CC1CO1.O=S(=O)([N-]S(=O)(=O)C(F)(F)F)C(F)(F)F. The highest BCUT2D eigenvalue weighted by Crippen LogP contribution is 2.36. The number of sulfonamides is 2. The highest BCUT2D eigenvalue weighted by molar-refractivity contribution is 8.13. The molecule has 0 spiro atoms. The molecule has 1 atom stereocenters. The Kier molecular flexibility index (Phi) is 8.37. The van der Waals surface area contributed by atoms with Crippen molar-refractivity contribution in [1.82, 2.24) is 0 Å². The molecule has 0 aromatic rings. The van der Waals surface area contributed by atoms with Crippen molar-refractivity contribution in [3.63, 3.8) is 0 Å². The van der Waals surface area contributed by atoms with E-state index >= 15 is 0 Å². The highest BCUT2D eigenvalue weighted by Gasteiger charge is 2.46. The molecule has 0 amide bonds. The average molecular weight is 438 g/mol. The van der Waals surface area contributed by atoms with Crippen molar-refractivity contribution in [2.24, 2.45) is 0 Å². The third-order valence-corrected chi connectivity index (χ3v) is 6.53. The largest absolute Gasteiger partial charge is 0.480 e. The molecule has 1 saturated heterocycles. The van der Waals surface area contributed by atoms with Crippen LogP contribution in [0.2, 0.25) is 0 Å². The molecule has 26 heavy (non-hydrogen) atoms. The third kappa shape index (κ3) is 7.17. The maximum atomic E-state index is 11.4. The zero-order valence-corrected chi connectivity index (χ0v) is 15.8. The number of rotatable bonds is 7. The Hall–Kier alpha value is -0.640. The van der Waals surface area contributed by atoms with Crippen molar-refractivity contribution in [3.8, 4) is 0 Å². The van der Waals surface area contributed by atoms with Gasteiger partial charge in [0.15, 0.2) is 20.0 Å². The van der Waals surface area contributed by atoms with Crippen LogP contribution in [0.1, 0.15) is 20.8 Å². The van der Waals surface area contributed by atoms with Gasteiger partial charge in [-0.15, -0.1) is 0 Å². The summed E-state index contributed by atoms with van der Waals surface area (Å²) in [6.07, 6.45) is 0.579. The van der Waals surface area contributed by atoms with Crippen molar-refractivity contribution < 1.29 is 52.4 Å². The first-order valence-electron chi connectivity index (χ1n) is 7.30. The van der Waals surface area contributed by atoms with Crippen LogP contribution in [0.4, 0.5) is 26.3 Å². The molecule has 1 unspecified atom stereocenters. The second kappa shape index (κ2) is 8.58. The minimum Gasteiger partial charge on any atom is -0.421 e. The predicted octanol–water partition coefficient (Wildman–Crippen LogP) is 2.32. The smallest absolute Gasteiger partial charge is 0.421 e. The zero-order chi connectivity index (χ0) is 21.0. The van der Waals surface area contributed by atoms with Gasteiger partial charge in [0.1, 0.15) is 12.6 Å². The number of quaternary nitrogens is 1. The van der Waals surface area contributed by atoms with Crippen LogP contribution in [0.3, 0.4) is 0 Å². The molecule has 0 aliphatic carbocycles. The predicted molar refractivity (Wildman–Crippen MR) is 79.8 cm³/mol. The molecule has 1 aliphatic rings. The van der Waals surface area contributed by atoms with E-state index in [0.717, 1.165) is 10.7 Å². The van der Waals surface area contributed by atoms with Crippen molar-refractivity contribution in [3.05, 3.63) is 4.13 Å². The van der Waals surface area contributed by atoms with Gasteiger partial charge in [0.05, 0.1) is 26.2 Å². The molecule has 0 radical (unpaired) electrons. The van der Waals surface area contributed by atoms with Crippen LogP contribution in [0.5, 0.6) is 0 Å². The van der Waals surface area contributed by atoms with Crippen LogP contribution in [-0.4, -0.2) is 71.2 Å². The van der Waals surface area contributed by atoms with E-state index in [0.29, 0.717) is 6.10 Å². The number of hydrogen-bond acceptors (Lipinski definition) is 5. The van der Waals surface area contributed by atoms with Gasteiger partial charge >= 0.3 is 11.0 Å². The van der Waals surface area contributed by atoms with Gasteiger partial charge in [-0.3, -0.25) is 0 Å². The van der Waals surface area contributed by atoms with E-state index in [1.54, 1.807) is 0 Å². The van der Waals surface area contributed by atoms with E-state index in [2.05, 4.69) is 20.8 Å². The molecule has 0 aromatic heterocycles. The normalized spacial score (nSPS) is 18.9. The first-order chi connectivity index (χ1) is 11.5. The van der Waals surface area contributed by atoms with E-state index in [9.17, 15) is 43.2 Å². The molecule has 0 N–H and O–H groups in total. The summed E-state index contributed by atoms with van der Waals surface area (Å²) in [7, 11) is -13.4. The molecule has 7 nitrogen and oxygen atoms in total. The second-order valence-corrected chi connectivity index (χ2v) is 8.77. The van der Waals surface area contributed by atoms with Gasteiger partial charge in [-0.05, 0) is 20.8 Å². The summed E-state index contributed by atoms with van der Waals surface area (Å²) < 4.78 is 116. The van der Waals surface area contributed by atoms with Crippen LogP contribution in [0.15, 0.2) is 0 Å². The lowest BCUT2D eigenvalue weighted by atomic mass is 10.3. The number of epoxide rings is 1. The Morgan fingerprint density at radius 3 is 1.38 bits per heavy atom. The monoisotopic (exact) mass is 438 g/mol. The Morgan fingerprint density at radius 2 is 1.19 bits per heavy atom. The quantitative estimate of drug-likeness (QED) is 0.345. The van der Waals surface area contributed by atoms with Gasteiger partial charge in [0.25, 0.3) is 0 Å². The molecule has 0 aromatic carbocycles. The summed E-state index contributed by atoms with van der Waals surface area (Å²) in [4.78, 5) is 0. The molecule has 1 fully saturated rings. The van der Waals surface area contributed by atoms with E-state index in [-0.39, 0.29) is 0 Å². The average Bonchev–Trinajstić information content (AvgIpc) is 3.26. The maximum Gasteiger partial charge on any atom is 0.480 e. The Morgan fingerprint density at radius 1 is 0.885 bits per heavy atom. The lowest BCUT2D eigenvalue weighted by molar-refractivity contribution is -0.923. The van der Waals surface area contributed by atoms with Gasteiger partial charge in [-0.2, -0.15) is 26.3 Å². The van der Waals surface area contributed by atoms with Crippen LogP contribution in [0.25, 0.3) is 4.13 Å². The minimum atomic E-state index is -6.72. The van der Waals surface area contributed by atoms with Crippen LogP contribution in [-0.2, 0) is 24.8 Å². The first-order valence-corrected chi connectivity index (χ1v) is 10.2. The molecular formula is C11H20F6N2O5S2. The molecule has 15 heteroatoms. The molecule has 1 rings (SSSR count). The topological polar surface area (TPSA) is 94.9 Å². The van der Waals surface area contributed by atoms with E-state index in [4.69, 9.17) is 4.74 Å². The molecular weight excluding hydrogens is 418 g/mol. The molecule has 0 saturated carbocycles. The number of ether oxygens (including phenoxy) is 1. The van der Waals surface area contributed by atoms with E-state index in [1.165, 1.54) is 30.7 Å².